The number of nitrogens with one attached hydrogen (secondary N) is 1. The lowest BCUT2D eigenvalue weighted by molar-refractivity contribution is 0.580. The molecule has 1 aromatic heterocycles. The number of anilines is 1. The highest BCUT2D eigenvalue weighted by Crippen LogP contribution is 2.24. The lowest BCUT2D eigenvalue weighted by Gasteiger charge is -2.07. The van der Waals surface area contributed by atoms with Crippen molar-refractivity contribution in [3.63, 3.8) is 0 Å². The van der Waals surface area contributed by atoms with Gasteiger partial charge in [0.15, 0.2) is 0 Å². The minimum Gasteiger partial charge on any atom is -0.378 e. The third-order valence-corrected chi connectivity index (χ3v) is 4.12. The Balaban J connectivity index is 2.08. The molecule has 96 valence electrons. The Kier molecular flexibility index (Phi) is 4.29. The number of hydrogen-bond donors (Lipinski definition) is 1. The molecule has 0 saturated heterocycles. The van der Waals surface area contributed by atoms with Crippen molar-refractivity contribution in [2.75, 3.05) is 5.32 Å². The molecule has 0 amide bonds. The van der Waals surface area contributed by atoms with Crippen LogP contribution in [0.25, 0.3) is 0 Å². The molecule has 2 nitrogen and oxygen atoms in total. The van der Waals surface area contributed by atoms with Gasteiger partial charge in [-0.2, -0.15) is 0 Å². The molecule has 0 aliphatic carbocycles. The summed E-state index contributed by atoms with van der Waals surface area (Å²) in [7, 11) is 0. The number of aryl methyl sites for hydroxylation is 1. The van der Waals surface area contributed by atoms with E-state index in [1.165, 1.54) is 6.07 Å². The van der Waals surface area contributed by atoms with Crippen LogP contribution in [-0.4, -0.2) is 4.98 Å². The zero-order valence-electron chi connectivity index (χ0n) is 9.64. The van der Waals surface area contributed by atoms with E-state index in [1.807, 2.05) is 6.92 Å². The van der Waals surface area contributed by atoms with Crippen molar-refractivity contribution >= 4 is 33.0 Å². The first-order chi connectivity index (χ1) is 8.60. The fraction of sp³-hybridized carbons (Fsp3) is 0.250. The maximum atomic E-state index is 13.5. The minimum atomic E-state index is -0.607. The first-order valence-electron chi connectivity index (χ1n) is 5.42. The Hall–Kier alpha value is -1.01. The predicted octanol–water partition coefficient (Wildman–Crippen LogP) is 4.36. The minimum absolute atomic E-state index is 0.241. The van der Waals surface area contributed by atoms with E-state index in [2.05, 4.69) is 26.2 Å². The Morgan fingerprint density at radius 3 is 2.78 bits per heavy atom. The van der Waals surface area contributed by atoms with Gasteiger partial charge >= 0.3 is 0 Å². The van der Waals surface area contributed by atoms with Crippen molar-refractivity contribution in [1.29, 1.82) is 0 Å². The summed E-state index contributed by atoms with van der Waals surface area (Å²) in [6.07, 6.45) is 2.66. The molecule has 1 aromatic carbocycles. The standard InChI is InChI=1S/C12H11BrF2N2S/c1-2-12-17-6-7(18-12)5-16-11-3-8(13)9(14)4-10(11)15/h3-4,6,16H,2,5H2,1H3. The van der Waals surface area contributed by atoms with E-state index in [4.69, 9.17) is 0 Å². The Bertz CT molecular complexity index is 557. The van der Waals surface area contributed by atoms with Crippen LogP contribution in [0, 0.1) is 11.6 Å². The van der Waals surface area contributed by atoms with E-state index < -0.39 is 11.6 Å². The van der Waals surface area contributed by atoms with Crippen LogP contribution in [0.4, 0.5) is 14.5 Å². The van der Waals surface area contributed by atoms with Crippen LogP contribution in [0.3, 0.4) is 0 Å². The molecule has 0 spiro atoms. The van der Waals surface area contributed by atoms with Crippen LogP contribution in [0.1, 0.15) is 16.8 Å². The van der Waals surface area contributed by atoms with Gasteiger partial charge < -0.3 is 5.32 Å². The monoisotopic (exact) mass is 332 g/mol. The van der Waals surface area contributed by atoms with Crippen LogP contribution in [0.5, 0.6) is 0 Å². The topological polar surface area (TPSA) is 24.9 Å². The fourth-order valence-electron chi connectivity index (χ4n) is 1.43. The van der Waals surface area contributed by atoms with Gasteiger partial charge in [-0.15, -0.1) is 11.3 Å². The molecule has 0 unspecified atom stereocenters. The van der Waals surface area contributed by atoms with Crippen molar-refractivity contribution in [2.24, 2.45) is 0 Å². The second-order valence-electron chi connectivity index (χ2n) is 3.67. The van der Waals surface area contributed by atoms with Crippen LogP contribution >= 0.6 is 27.3 Å². The van der Waals surface area contributed by atoms with E-state index in [0.29, 0.717) is 6.54 Å². The van der Waals surface area contributed by atoms with Gasteiger partial charge in [-0.1, -0.05) is 6.92 Å². The molecule has 2 rings (SSSR count). The van der Waals surface area contributed by atoms with E-state index in [1.54, 1.807) is 17.5 Å². The van der Waals surface area contributed by atoms with E-state index in [0.717, 1.165) is 22.4 Å². The van der Waals surface area contributed by atoms with Gasteiger partial charge in [0.05, 0.1) is 21.7 Å². The Morgan fingerprint density at radius 2 is 2.11 bits per heavy atom. The zero-order valence-corrected chi connectivity index (χ0v) is 12.0. The SMILES string of the molecule is CCc1ncc(CNc2cc(Br)c(F)cc2F)s1. The molecule has 0 aliphatic rings. The number of hydrogen-bond acceptors (Lipinski definition) is 3. The average molecular weight is 333 g/mol. The van der Waals surface area contributed by atoms with Gasteiger partial charge in [-0.05, 0) is 28.4 Å². The predicted molar refractivity (Wildman–Crippen MR) is 72.9 cm³/mol. The first-order valence-corrected chi connectivity index (χ1v) is 7.03. The summed E-state index contributed by atoms with van der Waals surface area (Å²) in [4.78, 5) is 5.24. The number of benzene rings is 1. The first kappa shape index (κ1) is 13.4. The van der Waals surface area contributed by atoms with Gasteiger partial charge in [-0.3, -0.25) is 0 Å². The van der Waals surface area contributed by atoms with Crippen molar-refractivity contribution < 1.29 is 8.78 Å². The molecular weight excluding hydrogens is 322 g/mol. The molecule has 1 heterocycles. The van der Waals surface area contributed by atoms with Gasteiger partial charge in [0.2, 0.25) is 0 Å². The number of halogens is 3. The molecule has 18 heavy (non-hydrogen) atoms. The number of rotatable bonds is 4. The Labute approximate surface area is 116 Å². The molecular formula is C12H11BrF2N2S. The van der Waals surface area contributed by atoms with Crippen LogP contribution in [0.15, 0.2) is 22.8 Å². The van der Waals surface area contributed by atoms with Crippen molar-refractivity contribution in [3.8, 4) is 0 Å². The van der Waals surface area contributed by atoms with Gasteiger partial charge in [0, 0.05) is 17.1 Å². The summed E-state index contributed by atoms with van der Waals surface area (Å²) >= 11 is 4.61. The molecule has 0 atom stereocenters. The Morgan fingerprint density at radius 1 is 1.33 bits per heavy atom. The number of thiazole rings is 1. The third kappa shape index (κ3) is 3.05. The molecule has 0 saturated carbocycles. The van der Waals surface area contributed by atoms with Crippen molar-refractivity contribution in [3.05, 3.63) is 44.3 Å². The summed E-state index contributed by atoms with van der Waals surface area (Å²) < 4.78 is 26.8. The molecule has 0 bridgehead atoms. The molecule has 0 aliphatic heterocycles. The van der Waals surface area contributed by atoms with Gasteiger partial charge in [-0.25, -0.2) is 13.8 Å². The second-order valence-corrected chi connectivity index (χ2v) is 5.73. The zero-order chi connectivity index (χ0) is 13.1. The quantitative estimate of drug-likeness (QED) is 0.841. The highest BCUT2D eigenvalue weighted by atomic mass is 79.9. The van der Waals surface area contributed by atoms with Crippen LogP contribution in [-0.2, 0) is 13.0 Å². The van der Waals surface area contributed by atoms with Gasteiger partial charge in [0.25, 0.3) is 0 Å². The highest BCUT2D eigenvalue weighted by molar-refractivity contribution is 9.10. The van der Waals surface area contributed by atoms with E-state index in [9.17, 15) is 8.78 Å². The molecule has 2 aromatic rings. The normalized spacial score (nSPS) is 10.7. The van der Waals surface area contributed by atoms with E-state index in [-0.39, 0.29) is 10.2 Å². The van der Waals surface area contributed by atoms with E-state index >= 15 is 0 Å². The van der Waals surface area contributed by atoms with Crippen molar-refractivity contribution in [2.45, 2.75) is 19.9 Å². The summed E-state index contributed by atoms with van der Waals surface area (Å²) in [6.45, 7) is 2.51. The molecule has 0 radical (unpaired) electrons. The summed E-state index contributed by atoms with van der Waals surface area (Å²) in [5.74, 6) is -1.21. The lowest BCUT2D eigenvalue weighted by Crippen LogP contribution is -2.00. The number of nitrogens with zero attached hydrogens (tertiary/aromatic N) is 1. The van der Waals surface area contributed by atoms with Crippen molar-refractivity contribution in [1.82, 2.24) is 4.98 Å². The number of aromatic nitrogens is 1. The maximum absolute atomic E-state index is 13.5. The lowest BCUT2D eigenvalue weighted by atomic mass is 10.3. The average Bonchev–Trinajstić information content (AvgIpc) is 2.80. The molecule has 0 fully saturated rings. The fourth-order valence-corrected chi connectivity index (χ4v) is 2.58. The smallest absolute Gasteiger partial charge is 0.149 e. The largest absolute Gasteiger partial charge is 0.378 e. The maximum Gasteiger partial charge on any atom is 0.149 e. The highest BCUT2D eigenvalue weighted by Gasteiger charge is 2.08. The molecule has 6 heteroatoms. The van der Waals surface area contributed by atoms with Crippen LogP contribution < -0.4 is 5.32 Å². The summed E-state index contributed by atoms with van der Waals surface area (Å²) in [6, 6.07) is 2.25. The second kappa shape index (κ2) is 5.75. The third-order valence-electron chi connectivity index (χ3n) is 2.37. The summed E-state index contributed by atoms with van der Waals surface area (Å²) in [5.41, 5.74) is 0.273. The van der Waals surface area contributed by atoms with Gasteiger partial charge in [0.1, 0.15) is 11.6 Å². The molecule has 1 N–H and O–H groups in total. The van der Waals surface area contributed by atoms with Crippen LogP contribution in [0.2, 0.25) is 0 Å². The summed E-state index contributed by atoms with van der Waals surface area (Å²) in [5, 5.41) is 3.98.